The van der Waals surface area contributed by atoms with E-state index in [1.165, 1.54) is 0 Å². The molecule has 0 aromatic carbocycles. The van der Waals surface area contributed by atoms with Gasteiger partial charge in [0.05, 0.1) is 13.2 Å². The van der Waals surface area contributed by atoms with E-state index in [0.717, 1.165) is 0 Å². The fourth-order valence-corrected chi connectivity index (χ4v) is 7.29. The quantitative estimate of drug-likeness (QED) is 0.260. The second kappa shape index (κ2) is 15.2. The van der Waals surface area contributed by atoms with Crippen LogP contribution in [0.1, 0.15) is 41.5 Å². The summed E-state index contributed by atoms with van der Waals surface area (Å²) in [5.74, 6) is 0. The van der Waals surface area contributed by atoms with E-state index in [2.05, 4.69) is 0 Å². The van der Waals surface area contributed by atoms with Crippen LogP contribution in [0.15, 0.2) is 0 Å². The van der Waals surface area contributed by atoms with E-state index in [-0.39, 0.29) is 0 Å². The Morgan fingerprint density at radius 2 is 0.680 bits per heavy atom. The van der Waals surface area contributed by atoms with E-state index in [0.29, 0.717) is 64.9 Å². The number of hydrogen-bond acceptors (Lipinski definition) is 7. The molecule has 0 saturated heterocycles. The molecule has 9 heteroatoms. The molecule has 0 heterocycles. The molecule has 0 N–H and O–H groups in total. The Balaban J connectivity index is 4.49. The molecule has 0 saturated carbocycles. The first-order valence-electron chi connectivity index (χ1n) is 9.48. The van der Waals surface area contributed by atoms with Crippen molar-refractivity contribution in [2.45, 2.75) is 53.6 Å². The summed E-state index contributed by atoms with van der Waals surface area (Å²) in [5, 5.41) is 0. The molecule has 0 unspecified atom stereocenters. The second-order valence-corrected chi connectivity index (χ2v) is 10.5. The van der Waals surface area contributed by atoms with E-state index >= 15 is 0 Å². The first-order valence-corrected chi connectivity index (χ1v) is 13.3. The third kappa shape index (κ3) is 10.2. The molecule has 0 aliphatic heterocycles. The minimum atomic E-state index is -2.64. The second-order valence-electron chi connectivity index (χ2n) is 5.08. The van der Waals surface area contributed by atoms with Crippen LogP contribution >= 0.6 is 0 Å². The Morgan fingerprint density at radius 1 is 0.440 bits per heavy atom. The Kier molecular flexibility index (Phi) is 15.3. The molecule has 25 heavy (non-hydrogen) atoms. The molecule has 0 rings (SSSR count). The Bertz CT molecular complexity index is 246. The summed E-state index contributed by atoms with van der Waals surface area (Å²) in [7, 11) is -5.29. The molecule has 0 amide bonds. The van der Waals surface area contributed by atoms with Gasteiger partial charge in [-0.05, 0) is 41.5 Å². The fourth-order valence-electron chi connectivity index (χ4n) is 2.50. The van der Waals surface area contributed by atoms with Crippen LogP contribution in [0.25, 0.3) is 0 Å². The van der Waals surface area contributed by atoms with Gasteiger partial charge >= 0.3 is 17.6 Å². The van der Waals surface area contributed by atoms with Crippen molar-refractivity contribution in [3.63, 3.8) is 0 Å². The van der Waals surface area contributed by atoms with Gasteiger partial charge in [0.2, 0.25) is 0 Å². The minimum absolute atomic E-state index is 0.515. The highest BCUT2D eigenvalue weighted by Gasteiger charge is 2.41. The predicted octanol–water partition coefficient (Wildman–Crippen LogP) is 3.10. The minimum Gasteiger partial charge on any atom is -0.381 e. The van der Waals surface area contributed by atoms with Crippen LogP contribution in [-0.4, -0.2) is 70.5 Å². The van der Waals surface area contributed by atoms with E-state index in [1.54, 1.807) is 0 Å². The lowest BCUT2D eigenvalue weighted by atomic mass is 10.8. The van der Waals surface area contributed by atoms with Gasteiger partial charge in [-0.15, -0.1) is 0 Å². The topological polar surface area (TPSA) is 64.6 Å². The van der Waals surface area contributed by atoms with E-state index in [4.69, 9.17) is 31.3 Å². The summed E-state index contributed by atoms with van der Waals surface area (Å²) in [6.07, 6.45) is 0. The SMILES string of the molecule is CCO[Si](CCOCC[Si](OCC)(OCC)OCC)(OCC)OCC. The van der Waals surface area contributed by atoms with E-state index < -0.39 is 17.6 Å². The predicted molar refractivity (Wildman–Crippen MR) is 102 cm³/mol. The van der Waals surface area contributed by atoms with Crippen molar-refractivity contribution in [3.05, 3.63) is 0 Å². The number of ether oxygens (including phenoxy) is 1. The average molecular weight is 399 g/mol. The van der Waals surface area contributed by atoms with E-state index in [9.17, 15) is 0 Å². The molecular weight excluding hydrogens is 360 g/mol. The van der Waals surface area contributed by atoms with Gasteiger partial charge in [-0.1, -0.05) is 0 Å². The number of rotatable bonds is 18. The zero-order valence-electron chi connectivity index (χ0n) is 16.9. The molecule has 7 nitrogen and oxygen atoms in total. The van der Waals surface area contributed by atoms with Gasteiger partial charge in [0.1, 0.15) is 0 Å². The molecule has 0 aromatic heterocycles. The zero-order chi connectivity index (χ0) is 19.0. The van der Waals surface area contributed by atoms with Crippen molar-refractivity contribution >= 4 is 17.6 Å². The maximum absolute atomic E-state index is 5.82. The summed E-state index contributed by atoms with van der Waals surface area (Å²) < 4.78 is 40.7. The average Bonchev–Trinajstić information content (AvgIpc) is 2.56. The Labute approximate surface area is 156 Å². The van der Waals surface area contributed by atoms with Crippen LogP contribution < -0.4 is 0 Å². The lowest BCUT2D eigenvalue weighted by Gasteiger charge is -2.29. The van der Waals surface area contributed by atoms with Gasteiger partial charge in [-0.25, -0.2) is 0 Å². The molecular formula is C16H38O7Si2. The molecule has 0 radical (unpaired) electrons. The standard InChI is InChI=1S/C16H38O7Si2/c1-7-18-24(19-8-2,20-9-3)15-13-17-14-16-25(21-10-4,22-11-5)23-12-6/h7-16H2,1-6H3. The Morgan fingerprint density at radius 3 is 0.880 bits per heavy atom. The molecule has 0 spiro atoms. The van der Waals surface area contributed by atoms with Crippen LogP contribution in [0.4, 0.5) is 0 Å². The summed E-state index contributed by atoms with van der Waals surface area (Å²) >= 11 is 0. The summed E-state index contributed by atoms with van der Waals surface area (Å²) in [4.78, 5) is 0. The third-order valence-corrected chi connectivity index (χ3v) is 9.29. The summed E-state index contributed by atoms with van der Waals surface area (Å²) in [5.41, 5.74) is 0. The van der Waals surface area contributed by atoms with Gasteiger partial charge in [0.15, 0.2) is 0 Å². The molecule has 0 atom stereocenters. The highest BCUT2D eigenvalue weighted by atomic mass is 28.4. The van der Waals surface area contributed by atoms with Crippen molar-refractivity contribution in [2.24, 2.45) is 0 Å². The van der Waals surface area contributed by atoms with Gasteiger partial charge in [-0.3, -0.25) is 0 Å². The smallest absolute Gasteiger partial charge is 0.381 e. The van der Waals surface area contributed by atoms with Crippen molar-refractivity contribution in [2.75, 3.05) is 52.9 Å². The lowest BCUT2D eigenvalue weighted by Crippen LogP contribution is -2.48. The van der Waals surface area contributed by atoms with Crippen molar-refractivity contribution in [1.82, 2.24) is 0 Å². The largest absolute Gasteiger partial charge is 0.503 e. The van der Waals surface area contributed by atoms with Crippen molar-refractivity contribution < 1.29 is 31.3 Å². The van der Waals surface area contributed by atoms with Gasteiger partial charge in [-0.2, -0.15) is 0 Å². The van der Waals surface area contributed by atoms with Crippen LogP contribution in [-0.2, 0) is 31.3 Å². The highest BCUT2D eigenvalue weighted by Crippen LogP contribution is 2.18. The van der Waals surface area contributed by atoms with Crippen LogP contribution in [0.5, 0.6) is 0 Å². The summed E-state index contributed by atoms with van der Waals surface area (Å²) in [6.45, 7) is 16.2. The van der Waals surface area contributed by atoms with Crippen LogP contribution in [0.3, 0.4) is 0 Å². The molecule has 0 aliphatic rings. The molecule has 0 aromatic rings. The van der Waals surface area contributed by atoms with Crippen LogP contribution in [0, 0.1) is 0 Å². The molecule has 152 valence electrons. The Hall–Kier alpha value is 0.154. The maximum Gasteiger partial charge on any atom is 0.503 e. The lowest BCUT2D eigenvalue weighted by molar-refractivity contribution is 0.0492. The van der Waals surface area contributed by atoms with Crippen molar-refractivity contribution in [3.8, 4) is 0 Å². The molecule has 0 aliphatic carbocycles. The monoisotopic (exact) mass is 398 g/mol. The number of hydrogen-bond donors (Lipinski definition) is 0. The van der Waals surface area contributed by atoms with E-state index in [1.807, 2.05) is 41.5 Å². The third-order valence-electron chi connectivity index (χ3n) is 3.29. The normalized spacial score (nSPS) is 12.7. The maximum atomic E-state index is 5.82. The fraction of sp³-hybridized carbons (Fsp3) is 1.00. The van der Waals surface area contributed by atoms with Gasteiger partial charge in [0.25, 0.3) is 0 Å². The van der Waals surface area contributed by atoms with Gasteiger partial charge in [0, 0.05) is 51.7 Å². The van der Waals surface area contributed by atoms with Gasteiger partial charge < -0.3 is 31.3 Å². The van der Waals surface area contributed by atoms with Crippen LogP contribution in [0.2, 0.25) is 12.1 Å². The highest BCUT2D eigenvalue weighted by molar-refractivity contribution is 6.61. The molecule has 0 bridgehead atoms. The summed E-state index contributed by atoms with van der Waals surface area (Å²) in [6, 6.07) is 1.27. The first kappa shape index (κ1) is 25.2. The molecule has 0 fully saturated rings. The zero-order valence-corrected chi connectivity index (χ0v) is 18.9. The first-order chi connectivity index (χ1) is 12.1. The van der Waals surface area contributed by atoms with Crippen molar-refractivity contribution in [1.29, 1.82) is 0 Å².